The van der Waals surface area contributed by atoms with E-state index in [2.05, 4.69) is 23.3 Å². The Morgan fingerprint density at radius 1 is 1.11 bits per heavy atom. The van der Waals surface area contributed by atoms with Gasteiger partial charge < -0.3 is 10.0 Å². The van der Waals surface area contributed by atoms with Crippen molar-refractivity contribution in [2.75, 3.05) is 18.0 Å². The van der Waals surface area contributed by atoms with Crippen LogP contribution in [-0.4, -0.2) is 38.7 Å². The van der Waals surface area contributed by atoms with Crippen molar-refractivity contribution < 1.29 is 9.90 Å². The van der Waals surface area contributed by atoms with Crippen LogP contribution in [0.3, 0.4) is 0 Å². The molecule has 146 valence electrons. The molecule has 3 aromatic rings. The summed E-state index contributed by atoms with van der Waals surface area (Å²) >= 11 is 6.07. The lowest BCUT2D eigenvalue weighted by atomic mass is 9.97. The molecule has 1 N–H and O–H groups in total. The van der Waals surface area contributed by atoms with E-state index in [0.717, 1.165) is 33.8 Å². The molecule has 2 aromatic heterocycles. The van der Waals surface area contributed by atoms with E-state index in [4.69, 9.17) is 21.6 Å². The lowest BCUT2D eigenvalue weighted by Gasteiger charge is -2.31. The number of rotatable bonds is 3. The zero-order valence-corrected chi connectivity index (χ0v) is 17.0. The molecule has 3 heterocycles. The normalized spacial score (nSPS) is 15.4. The van der Waals surface area contributed by atoms with Gasteiger partial charge >= 0.3 is 5.97 Å². The summed E-state index contributed by atoms with van der Waals surface area (Å²) in [4.78, 5) is 23.0. The number of nitrogens with zero attached hydrogens (tertiary/aromatic N) is 4. The van der Waals surface area contributed by atoms with Gasteiger partial charge in [-0.1, -0.05) is 11.6 Å². The molecule has 0 aliphatic carbocycles. The molecular weight excluding hydrogens is 376 g/mol. The van der Waals surface area contributed by atoms with Crippen LogP contribution in [0.1, 0.15) is 29.9 Å². The summed E-state index contributed by atoms with van der Waals surface area (Å²) < 4.78 is 2.14. The first-order chi connectivity index (χ1) is 13.4. The molecule has 0 spiro atoms. The molecule has 1 fully saturated rings. The summed E-state index contributed by atoms with van der Waals surface area (Å²) in [6, 6.07) is 7.74. The number of hydrogen-bond acceptors (Lipinski definition) is 4. The van der Waals surface area contributed by atoms with Crippen LogP contribution in [0.15, 0.2) is 24.3 Å². The molecule has 28 heavy (non-hydrogen) atoms. The summed E-state index contributed by atoms with van der Waals surface area (Å²) in [7, 11) is 0. The lowest BCUT2D eigenvalue weighted by molar-refractivity contribution is -0.142. The molecule has 1 saturated heterocycles. The van der Waals surface area contributed by atoms with Crippen molar-refractivity contribution in [1.29, 1.82) is 0 Å². The minimum Gasteiger partial charge on any atom is -0.481 e. The molecule has 0 radical (unpaired) electrons. The minimum absolute atomic E-state index is 0.267. The zero-order chi connectivity index (χ0) is 20.0. The van der Waals surface area contributed by atoms with E-state index in [-0.39, 0.29) is 5.92 Å². The Labute approximate surface area is 168 Å². The standard InChI is InChI=1S/C21H23ClN4O2/c1-12-13(2)26(17-6-4-16(22)5-7-17)20-18(12)19(23-14(3)24-20)25-10-8-15(9-11-25)21(27)28/h4-7,15H,8-11H2,1-3H3,(H,27,28). The van der Waals surface area contributed by atoms with Gasteiger partial charge in [-0.25, -0.2) is 9.97 Å². The third kappa shape index (κ3) is 3.11. The van der Waals surface area contributed by atoms with Gasteiger partial charge in [0.1, 0.15) is 11.6 Å². The molecule has 1 aliphatic rings. The highest BCUT2D eigenvalue weighted by molar-refractivity contribution is 6.30. The second kappa shape index (κ2) is 7.09. The maximum Gasteiger partial charge on any atom is 0.306 e. The average molecular weight is 399 g/mol. The van der Waals surface area contributed by atoms with Crippen LogP contribution < -0.4 is 4.90 Å². The molecule has 7 heteroatoms. The van der Waals surface area contributed by atoms with Crippen LogP contribution in [-0.2, 0) is 4.79 Å². The summed E-state index contributed by atoms with van der Waals surface area (Å²) in [5.41, 5.74) is 4.13. The number of halogens is 1. The monoisotopic (exact) mass is 398 g/mol. The number of carbonyl (C=O) groups is 1. The molecule has 0 amide bonds. The van der Waals surface area contributed by atoms with Crippen molar-refractivity contribution in [1.82, 2.24) is 14.5 Å². The zero-order valence-electron chi connectivity index (χ0n) is 16.2. The van der Waals surface area contributed by atoms with E-state index < -0.39 is 5.97 Å². The number of carboxylic acid groups (broad SMARTS) is 1. The molecule has 0 saturated carbocycles. The Kier molecular flexibility index (Phi) is 4.75. The van der Waals surface area contributed by atoms with Gasteiger partial charge in [0.15, 0.2) is 5.65 Å². The first-order valence-electron chi connectivity index (χ1n) is 9.46. The predicted molar refractivity (Wildman–Crippen MR) is 111 cm³/mol. The van der Waals surface area contributed by atoms with Crippen LogP contribution in [0.2, 0.25) is 5.02 Å². The third-order valence-electron chi connectivity index (χ3n) is 5.68. The number of benzene rings is 1. The highest BCUT2D eigenvalue weighted by Crippen LogP contribution is 2.35. The van der Waals surface area contributed by atoms with Crippen molar-refractivity contribution in [2.24, 2.45) is 5.92 Å². The second-order valence-corrected chi connectivity index (χ2v) is 7.85. The molecular formula is C21H23ClN4O2. The summed E-state index contributed by atoms with van der Waals surface area (Å²) in [5, 5.41) is 11.0. The van der Waals surface area contributed by atoms with Gasteiger partial charge in [-0.05, 0) is 63.4 Å². The van der Waals surface area contributed by atoms with Gasteiger partial charge in [-0.2, -0.15) is 0 Å². The molecule has 1 aliphatic heterocycles. The Balaban J connectivity index is 1.84. The van der Waals surface area contributed by atoms with Crippen molar-refractivity contribution >= 4 is 34.4 Å². The molecule has 0 atom stereocenters. The largest absolute Gasteiger partial charge is 0.481 e. The van der Waals surface area contributed by atoms with Gasteiger partial charge in [-0.15, -0.1) is 0 Å². The number of aliphatic carboxylic acids is 1. The summed E-state index contributed by atoms with van der Waals surface area (Å²) in [6.07, 6.45) is 1.27. The van der Waals surface area contributed by atoms with Crippen molar-refractivity contribution in [2.45, 2.75) is 33.6 Å². The third-order valence-corrected chi connectivity index (χ3v) is 5.93. The molecule has 1 aromatic carbocycles. The number of fused-ring (bicyclic) bond motifs is 1. The quantitative estimate of drug-likeness (QED) is 0.712. The van der Waals surface area contributed by atoms with Crippen LogP contribution in [0.25, 0.3) is 16.7 Å². The highest BCUT2D eigenvalue weighted by Gasteiger charge is 2.28. The van der Waals surface area contributed by atoms with Crippen LogP contribution in [0.5, 0.6) is 0 Å². The number of aryl methyl sites for hydroxylation is 2. The number of piperidine rings is 1. The van der Waals surface area contributed by atoms with Crippen molar-refractivity contribution in [3.05, 3.63) is 46.4 Å². The Morgan fingerprint density at radius 3 is 2.36 bits per heavy atom. The lowest BCUT2D eigenvalue weighted by Crippen LogP contribution is -2.37. The maximum atomic E-state index is 11.3. The van der Waals surface area contributed by atoms with Crippen molar-refractivity contribution in [3.8, 4) is 5.69 Å². The van der Waals surface area contributed by atoms with E-state index in [1.807, 2.05) is 31.2 Å². The fraction of sp³-hybridized carbons (Fsp3) is 0.381. The fourth-order valence-corrected chi connectivity index (χ4v) is 4.15. The van der Waals surface area contributed by atoms with Crippen LogP contribution in [0, 0.1) is 26.7 Å². The molecule has 0 bridgehead atoms. The SMILES string of the molecule is Cc1nc(N2CCC(C(=O)O)CC2)c2c(C)c(C)n(-c3ccc(Cl)cc3)c2n1. The van der Waals surface area contributed by atoms with Gasteiger partial charge in [0.05, 0.1) is 11.3 Å². The summed E-state index contributed by atoms with van der Waals surface area (Å²) in [6.45, 7) is 7.45. The predicted octanol–water partition coefficient (Wildman–Crippen LogP) is 4.30. The first kappa shape index (κ1) is 18.7. The molecule has 0 unspecified atom stereocenters. The second-order valence-electron chi connectivity index (χ2n) is 7.41. The highest BCUT2D eigenvalue weighted by atomic mass is 35.5. The van der Waals surface area contributed by atoms with E-state index in [0.29, 0.717) is 36.8 Å². The molecule has 6 nitrogen and oxygen atoms in total. The first-order valence-corrected chi connectivity index (χ1v) is 9.84. The van der Waals surface area contributed by atoms with Crippen LogP contribution in [0.4, 0.5) is 5.82 Å². The van der Waals surface area contributed by atoms with E-state index in [1.54, 1.807) is 0 Å². The maximum absolute atomic E-state index is 11.3. The van der Waals surface area contributed by atoms with Gasteiger partial charge in [0.25, 0.3) is 0 Å². The number of hydrogen-bond donors (Lipinski definition) is 1. The number of aromatic nitrogens is 3. The summed E-state index contributed by atoms with van der Waals surface area (Å²) in [5.74, 6) is 0.635. The van der Waals surface area contributed by atoms with E-state index in [9.17, 15) is 9.90 Å². The van der Waals surface area contributed by atoms with Crippen molar-refractivity contribution in [3.63, 3.8) is 0 Å². The van der Waals surface area contributed by atoms with E-state index in [1.165, 1.54) is 0 Å². The average Bonchev–Trinajstić information content (AvgIpc) is 2.92. The van der Waals surface area contributed by atoms with Crippen LogP contribution >= 0.6 is 11.6 Å². The Morgan fingerprint density at radius 2 is 1.75 bits per heavy atom. The van der Waals surface area contributed by atoms with Gasteiger partial charge in [0, 0.05) is 29.5 Å². The van der Waals surface area contributed by atoms with Gasteiger partial charge in [-0.3, -0.25) is 9.36 Å². The smallest absolute Gasteiger partial charge is 0.306 e. The van der Waals surface area contributed by atoms with E-state index >= 15 is 0 Å². The number of carboxylic acids is 1. The fourth-order valence-electron chi connectivity index (χ4n) is 4.02. The molecule has 4 rings (SSSR count). The van der Waals surface area contributed by atoms with Gasteiger partial charge in [0.2, 0.25) is 0 Å². The Bertz CT molecular complexity index is 1050. The number of anilines is 1. The minimum atomic E-state index is -0.704. The Hall–Kier alpha value is -2.60. The topological polar surface area (TPSA) is 71.2 Å².